The molecule has 8 nitrogen and oxygen atoms in total. The Hall–Kier alpha value is -3.20. The summed E-state index contributed by atoms with van der Waals surface area (Å²) in [7, 11) is 3.05. The molecule has 2 aromatic rings. The second kappa shape index (κ2) is 9.33. The van der Waals surface area contributed by atoms with Crippen LogP contribution in [0.2, 0.25) is 0 Å². The molecule has 0 unspecified atom stereocenters. The predicted octanol–water partition coefficient (Wildman–Crippen LogP) is 2.59. The van der Waals surface area contributed by atoms with Crippen LogP contribution >= 0.6 is 11.8 Å². The van der Waals surface area contributed by atoms with E-state index in [1.165, 1.54) is 26.0 Å². The third-order valence-corrected chi connectivity index (χ3v) is 5.00. The van der Waals surface area contributed by atoms with Gasteiger partial charge in [0.05, 0.1) is 31.4 Å². The fourth-order valence-corrected chi connectivity index (χ4v) is 3.40. The first kappa shape index (κ1) is 20.5. The number of methoxy groups -OCH3 is 2. The number of fused-ring (bicyclic) bond motifs is 1. The molecule has 0 saturated heterocycles. The van der Waals surface area contributed by atoms with Crippen LogP contribution in [0.1, 0.15) is 10.4 Å². The van der Waals surface area contributed by atoms with E-state index in [9.17, 15) is 14.4 Å². The van der Waals surface area contributed by atoms with Gasteiger partial charge in [0.15, 0.2) is 23.9 Å². The van der Waals surface area contributed by atoms with E-state index in [2.05, 4.69) is 10.6 Å². The maximum absolute atomic E-state index is 12.4. The van der Waals surface area contributed by atoms with Crippen molar-refractivity contribution in [1.29, 1.82) is 0 Å². The van der Waals surface area contributed by atoms with Crippen LogP contribution in [0.3, 0.4) is 0 Å². The summed E-state index contributed by atoms with van der Waals surface area (Å²) in [6.07, 6.45) is 0. The highest BCUT2D eigenvalue weighted by Crippen LogP contribution is 2.30. The van der Waals surface area contributed by atoms with Gasteiger partial charge in [0.2, 0.25) is 5.91 Å². The number of benzene rings is 2. The van der Waals surface area contributed by atoms with Gasteiger partial charge < -0.3 is 24.8 Å². The Labute approximate surface area is 171 Å². The van der Waals surface area contributed by atoms with Gasteiger partial charge in [0.25, 0.3) is 5.91 Å². The maximum atomic E-state index is 12.4. The number of hydrogen-bond acceptors (Lipinski definition) is 7. The standard InChI is InChI=1S/C20H20N2O6S/c1-26-17-6-4-13(8-18(17)27-2)21-20(25)11-29-10-15(23)12-3-5-16-14(7-12)22-19(24)9-28-16/h3-8H,9-11H2,1-2H3,(H,21,25)(H,22,24). The number of hydrogen-bond donors (Lipinski definition) is 2. The summed E-state index contributed by atoms with van der Waals surface area (Å²) in [5.74, 6) is 1.22. The third kappa shape index (κ3) is 5.20. The highest BCUT2D eigenvalue weighted by molar-refractivity contribution is 8.00. The van der Waals surface area contributed by atoms with Crippen molar-refractivity contribution in [3.63, 3.8) is 0 Å². The quantitative estimate of drug-likeness (QED) is 0.638. The van der Waals surface area contributed by atoms with Crippen molar-refractivity contribution in [3.05, 3.63) is 42.0 Å². The van der Waals surface area contributed by atoms with Gasteiger partial charge in [-0.1, -0.05) is 0 Å². The maximum Gasteiger partial charge on any atom is 0.262 e. The molecule has 3 rings (SSSR count). The lowest BCUT2D eigenvalue weighted by Gasteiger charge is -2.18. The number of ether oxygens (including phenoxy) is 3. The van der Waals surface area contributed by atoms with Crippen molar-refractivity contribution in [2.75, 3.05) is 43.0 Å². The number of rotatable bonds is 8. The van der Waals surface area contributed by atoms with Gasteiger partial charge in [-0.05, 0) is 30.3 Å². The molecule has 0 aliphatic carbocycles. The number of nitrogens with one attached hydrogen (secondary N) is 2. The Morgan fingerprint density at radius 3 is 2.66 bits per heavy atom. The van der Waals surface area contributed by atoms with E-state index in [-0.39, 0.29) is 35.7 Å². The predicted molar refractivity (Wildman–Crippen MR) is 110 cm³/mol. The Morgan fingerprint density at radius 2 is 1.90 bits per heavy atom. The largest absolute Gasteiger partial charge is 0.493 e. The van der Waals surface area contributed by atoms with E-state index in [4.69, 9.17) is 14.2 Å². The molecular weight excluding hydrogens is 396 g/mol. The van der Waals surface area contributed by atoms with E-state index >= 15 is 0 Å². The molecule has 0 aromatic heterocycles. The number of carbonyl (C=O) groups is 3. The van der Waals surface area contributed by atoms with Crippen molar-refractivity contribution in [3.8, 4) is 17.2 Å². The fraction of sp³-hybridized carbons (Fsp3) is 0.250. The van der Waals surface area contributed by atoms with E-state index in [0.717, 1.165) is 0 Å². The molecule has 152 valence electrons. The zero-order valence-corrected chi connectivity index (χ0v) is 16.8. The van der Waals surface area contributed by atoms with Crippen molar-refractivity contribution in [2.45, 2.75) is 0 Å². The van der Waals surface area contributed by atoms with Crippen LogP contribution < -0.4 is 24.8 Å². The van der Waals surface area contributed by atoms with Crippen molar-refractivity contribution >= 4 is 40.7 Å². The second-order valence-electron chi connectivity index (χ2n) is 6.08. The van der Waals surface area contributed by atoms with Crippen molar-refractivity contribution in [2.24, 2.45) is 0 Å². The Kier molecular flexibility index (Phi) is 6.61. The van der Waals surface area contributed by atoms with E-state index in [0.29, 0.717) is 34.2 Å². The molecule has 1 aliphatic heterocycles. The van der Waals surface area contributed by atoms with Crippen LogP contribution in [0.5, 0.6) is 17.2 Å². The van der Waals surface area contributed by atoms with Gasteiger partial charge in [-0.15, -0.1) is 11.8 Å². The zero-order valence-electron chi connectivity index (χ0n) is 15.9. The average Bonchev–Trinajstić information content (AvgIpc) is 2.72. The summed E-state index contributed by atoms with van der Waals surface area (Å²) in [5, 5.41) is 5.42. The molecule has 0 bridgehead atoms. The van der Waals surface area contributed by atoms with Gasteiger partial charge in [-0.3, -0.25) is 14.4 Å². The monoisotopic (exact) mass is 416 g/mol. The number of amides is 2. The van der Waals surface area contributed by atoms with Gasteiger partial charge in [0.1, 0.15) is 5.75 Å². The van der Waals surface area contributed by atoms with Gasteiger partial charge in [-0.25, -0.2) is 0 Å². The highest BCUT2D eigenvalue weighted by Gasteiger charge is 2.18. The molecule has 0 atom stereocenters. The highest BCUT2D eigenvalue weighted by atomic mass is 32.2. The van der Waals surface area contributed by atoms with Crippen molar-refractivity contribution < 1.29 is 28.6 Å². The van der Waals surface area contributed by atoms with E-state index in [1.54, 1.807) is 36.4 Å². The normalized spacial score (nSPS) is 12.3. The smallest absolute Gasteiger partial charge is 0.262 e. The summed E-state index contributed by atoms with van der Waals surface area (Å²) in [5.41, 5.74) is 1.50. The Bertz CT molecular complexity index is 947. The number of carbonyl (C=O) groups excluding carboxylic acids is 3. The SMILES string of the molecule is COc1ccc(NC(=O)CSCC(=O)c2ccc3c(c2)NC(=O)CO3)cc1OC. The fourth-order valence-electron chi connectivity index (χ4n) is 2.69. The lowest BCUT2D eigenvalue weighted by Crippen LogP contribution is -2.25. The summed E-state index contributed by atoms with van der Waals surface area (Å²) in [6, 6.07) is 9.94. The number of Topliss-reactive ketones (excluding diaryl/α,β-unsaturated/α-hetero) is 1. The summed E-state index contributed by atoms with van der Waals surface area (Å²) < 4.78 is 15.6. The first-order valence-corrected chi connectivity index (χ1v) is 9.85. The van der Waals surface area contributed by atoms with Crippen LogP contribution in [-0.4, -0.2) is 49.9 Å². The molecule has 9 heteroatoms. The molecule has 2 aromatic carbocycles. The first-order valence-electron chi connectivity index (χ1n) is 8.69. The minimum atomic E-state index is -0.261. The minimum Gasteiger partial charge on any atom is -0.493 e. The molecule has 1 heterocycles. The Balaban J connectivity index is 1.51. The zero-order chi connectivity index (χ0) is 20.8. The first-order chi connectivity index (χ1) is 14.0. The lowest BCUT2D eigenvalue weighted by molar-refractivity contribution is -0.118. The van der Waals surface area contributed by atoms with Crippen LogP contribution in [0, 0.1) is 0 Å². The van der Waals surface area contributed by atoms with Gasteiger partial charge in [-0.2, -0.15) is 0 Å². The molecule has 0 fully saturated rings. The molecule has 2 N–H and O–H groups in total. The molecule has 0 saturated carbocycles. The van der Waals surface area contributed by atoms with E-state index < -0.39 is 0 Å². The number of thioether (sulfide) groups is 1. The Morgan fingerprint density at radius 1 is 1.10 bits per heavy atom. The van der Waals surface area contributed by atoms with Crippen LogP contribution in [0.25, 0.3) is 0 Å². The third-order valence-electron chi connectivity index (χ3n) is 4.07. The molecule has 2 amide bonds. The molecule has 29 heavy (non-hydrogen) atoms. The number of anilines is 2. The minimum absolute atomic E-state index is 0.0364. The molecule has 0 radical (unpaired) electrons. The van der Waals surface area contributed by atoms with E-state index in [1.807, 2.05) is 0 Å². The summed E-state index contributed by atoms with van der Waals surface area (Å²) in [4.78, 5) is 35.9. The van der Waals surface area contributed by atoms with Crippen molar-refractivity contribution in [1.82, 2.24) is 0 Å². The van der Waals surface area contributed by atoms with Gasteiger partial charge in [0, 0.05) is 17.3 Å². The second-order valence-corrected chi connectivity index (χ2v) is 7.07. The summed E-state index contributed by atoms with van der Waals surface area (Å²) >= 11 is 1.20. The molecule has 0 spiro atoms. The number of ketones is 1. The average molecular weight is 416 g/mol. The van der Waals surface area contributed by atoms with Crippen LogP contribution in [-0.2, 0) is 9.59 Å². The van der Waals surface area contributed by atoms with Crippen LogP contribution in [0.4, 0.5) is 11.4 Å². The topological polar surface area (TPSA) is 103 Å². The molecular formula is C20H20N2O6S. The summed E-state index contributed by atoms with van der Waals surface area (Å²) in [6.45, 7) is -0.0364. The van der Waals surface area contributed by atoms with Gasteiger partial charge >= 0.3 is 0 Å². The molecule has 1 aliphatic rings. The lowest BCUT2D eigenvalue weighted by atomic mass is 10.1. The van der Waals surface area contributed by atoms with Crippen LogP contribution in [0.15, 0.2) is 36.4 Å².